The van der Waals surface area contributed by atoms with E-state index in [4.69, 9.17) is 16.2 Å². The van der Waals surface area contributed by atoms with Gasteiger partial charge < -0.3 is 0 Å². The van der Waals surface area contributed by atoms with Crippen LogP contribution in [0, 0.1) is 5.82 Å². The molecule has 0 saturated carbocycles. The summed E-state index contributed by atoms with van der Waals surface area (Å²) in [6, 6.07) is 3.73. The average Bonchev–Trinajstić information content (AvgIpc) is 2.02. The first kappa shape index (κ1) is 11.4. The van der Waals surface area contributed by atoms with Gasteiger partial charge in [0.05, 0.1) is 5.69 Å². The Kier molecular flexibility index (Phi) is 3.86. The van der Waals surface area contributed by atoms with Crippen molar-refractivity contribution in [1.82, 2.24) is 0 Å². The summed E-state index contributed by atoms with van der Waals surface area (Å²) in [5.41, 5.74) is 0.290. The zero-order chi connectivity index (χ0) is 10.7. The Morgan fingerprint density at radius 1 is 1.57 bits per heavy atom. The summed E-state index contributed by atoms with van der Waals surface area (Å²) < 4.78 is 33.7. The second-order valence-electron chi connectivity index (χ2n) is 2.55. The van der Waals surface area contributed by atoms with Crippen molar-refractivity contribution < 1.29 is 13.2 Å². The van der Waals surface area contributed by atoms with Crippen LogP contribution >= 0.6 is 11.6 Å². The van der Waals surface area contributed by atoms with E-state index in [1.165, 1.54) is 6.07 Å². The Bertz CT molecular complexity index is 341. The van der Waals surface area contributed by atoms with Crippen molar-refractivity contribution in [3.05, 3.63) is 29.0 Å². The highest BCUT2D eigenvalue weighted by Gasteiger charge is 2.11. The Hall–Kier alpha value is -0.650. The molecule has 3 nitrogen and oxygen atoms in total. The number of nitrogens with zero attached hydrogens (tertiary/aromatic N) is 1. The molecule has 0 saturated heterocycles. The molecule has 1 aromatic carbocycles. The third-order valence-corrected chi connectivity index (χ3v) is 2.68. The van der Waals surface area contributed by atoms with Gasteiger partial charge in [0.2, 0.25) is 0 Å². The van der Waals surface area contributed by atoms with Crippen LogP contribution in [-0.4, -0.2) is 15.3 Å². The third-order valence-electron chi connectivity index (χ3n) is 1.61. The van der Waals surface area contributed by atoms with Gasteiger partial charge in [-0.05, 0) is 25.1 Å². The molecule has 14 heavy (non-hydrogen) atoms. The normalized spacial score (nSPS) is 12.6. The van der Waals surface area contributed by atoms with E-state index in [-0.39, 0.29) is 5.02 Å². The SMILES string of the molecule is CCN(c1cc(F)cc(Cl)c1)S(=O)O. The minimum absolute atomic E-state index is 0.198. The minimum Gasteiger partial charge on any atom is -0.289 e. The molecule has 0 fully saturated rings. The molecule has 0 aliphatic heterocycles. The fourth-order valence-corrected chi connectivity index (χ4v) is 1.79. The first-order valence-corrected chi connectivity index (χ1v) is 5.33. The second kappa shape index (κ2) is 4.72. The summed E-state index contributed by atoms with van der Waals surface area (Å²) in [5, 5.41) is 0.198. The molecule has 6 heteroatoms. The van der Waals surface area contributed by atoms with Crippen LogP contribution in [0.4, 0.5) is 10.1 Å². The molecule has 0 heterocycles. The van der Waals surface area contributed by atoms with Crippen molar-refractivity contribution in [2.24, 2.45) is 0 Å². The first-order chi connectivity index (χ1) is 6.54. The van der Waals surface area contributed by atoms with Gasteiger partial charge in [-0.15, -0.1) is 0 Å². The molecule has 0 amide bonds. The van der Waals surface area contributed by atoms with Crippen LogP contribution in [0.3, 0.4) is 0 Å². The van der Waals surface area contributed by atoms with Crippen LogP contribution in [0.15, 0.2) is 18.2 Å². The summed E-state index contributed by atoms with van der Waals surface area (Å²) in [7, 11) is 0. The molecular weight excluding hydrogens is 229 g/mol. The molecule has 1 rings (SSSR count). The van der Waals surface area contributed by atoms with Crippen molar-refractivity contribution in [2.45, 2.75) is 6.92 Å². The van der Waals surface area contributed by atoms with Gasteiger partial charge in [0.25, 0.3) is 11.3 Å². The topological polar surface area (TPSA) is 40.5 Å². The number of anilines is 1. The van der Waals surface area contributed by atoms with Gasteiger partial charge in [-0.2, -0.15) is 0 Å². The van der Waals surface area contributed by atoms with E-state index in [2.05, 4.69) is 0 Å². The molecule has 0 aromatic heterocycles. The molecule has 0 spiro atoms. The molecule has 1 atom stereocenters. The second-order valence-corrected chi connectivity index (χ2v) is 3.89. The van der Waals surface area contributed by atoms with Crippen LogP contribution in [0.5, 0.6) is 0 Å². The van der Waals surface area contributed by atoms with Crippen molar-refractivity contribution in [2.75, 3.05) is 10.8 Å². The van der Waals surface area contributed by atoms with Crippen molar-refractivity contribution >= 4 is 28.6 Å². The van der Waals surface area contributed by atoms with Crippen molar-refractivity contribution in [3.8, 4) is 0 Å². The highest BCUT2D eigenvalue weighted by Crippen LogP contribution is 2.22. The van der Waals surface area contributed by atoms with Crippen molar-refractivity contribution in [1.29, 1.82) is 0 Å². The zero-order valence-corrected chi connectivity index (χ0v) is 8.98. The summed E-state index contributed by atoms with van der Waals surface area (Å²) in [4.78, 5) is 0. The van der Waals surface area contributed by atoms with Crippen LogP contribution < -0.4 is 4.31 Å². The van der Waals surface area contributed by atoms with Gasteiger partial charge in [-0.25, -0.2) is 8.60 Å². The Morgan fingerprint density at radius 3 is 2.64 bits per heavy atom. The predicted octanol–water partition coefficient (Wildman–Crippen LogP) is 2.44. The summed E-state index contributed by atoms with van der Waals surface area (Å²) in [5.74, 6) is -0.531. The lowest BCUT2D eigenvalue weighted by Crippen LogP contribution is -2.24. The molecule has 0 aliphatic rings. The Labute approximate surface area is 88.9 Å². The third kappa shape index (κ3) is 2.67. The predicted molar refractivity (Wildman–Crippen MR) is 55.2 cm³/mol. The van der Waals surface area contributed by atoms with E-state index in [9.17, 15) is 8.60 Å². The lowest BCUT2D eigenvalue weighted by atomic mass is 10.3. The fourth-order valence-electron chi connectivity index (χ4n) is 1.07. The van der Waals surface area contributed by atoms with Crippen LogP contribution in [0.2, 0.25) is 5.02 Å². The maximum Gasteiger partial charge on any atom is 0.261 e. The van der Waals surface area contributed by atoms with Crippen LogP contribution in [-0.2, 0) is 11.3 Å². The van der Waals surface area contributed by atoms with Crippen LogP contribution in [0.25, 0.3) is 0 Å². The van der Waals surface area contributed by atoms with Crippen molar-refractivity contribution in [3.63, 3.8) is 0 Å². The molecule has 0 radical (unpaired) electrons. The molecular formula is C8H9ClFNO2S. The number of benzene rings is 1. The minimum atomic E-state index is -2.16. The zero-order valence-electron chi connectivity index (χ0n) is 7.41. The summed E-state index contributed by atoms with van der Waals surface area (Å²) in [6.07, 6.45) is 0. The summed E-state index contributed by atoms with van der Waals surface area (Å²) in [6.45, 7) is 1.98. The monoisotopic (exact) mass is 237 g/mol. The summed E-state index contributed by atoms with van der Waals surface area (Å²) >= 11 is 3.45. The number of hydrogen-bond donors (Lipinski definition) is 1. The van der Waals surface area contributed by atoms with E-state index < -0.39 is 17.1 Å². The Morgan fingerprint density at radius 2 is 2.21 bits per heavy atom. The van der Waals surface area contributed by atoms with E-state index in [1.807, 2.05) is 0 Å². The quantitative estimate of drug-likeness (QED) is 0.821. The van der Waals surface area contributed by atoms with Gasteiger partial charge in [-0.1, -0.05) is 11.6 Å². The lowest BCUT2D eigenvalue weighted by Gasteiger charge is -2.17. The molecule has 0 bridgehead atoms. The molecule has 0 aliphatic carbocycles. The van der Waals surface area contributed by atoms with E-state index in [0.29, 0.717) is 12.2 Å². The standard InChI is InChI=1S/C8H9ClFNO2S/c1-2-11(14(12)13)8-4-6(9)3-7(10)5-8/h3-5H,2H2,1H3,(H,12,13). The van der Waals surface area contributed by atoms with Gasteiger partial charge in [0, 0.05) is 11.6 Å². The molecule has 78 valence electrons. The molecule has 1 N–H and O–H groups in total. The number of rotatable bonds is 3. The van der Waals surface area contributed by atoms with Gasteiger partial charge in [0.1, 0.15) is 5.82 Å². The highest BCUT2D eigenvalue weighted by molar-refractivity contribution is 7.80. The first-order valence-electron chi connectivity index (χ1n) is 3.89. The average molecular weight is 238 g/mol. The van der Waals surface area contributed by atoms with E-state index >= 15 is 0 Å². The van der Waals surface area contributed by atoms with E-state index in [1.54, 1.807) is 6.92 Å². The van der Waals surface area contributed by atoms with Crippen LogP contribution in [0.1, 0.15) is 6.92 Å². The number of hydrogen-bond acceptors (Lipinski definition) is 1. The lowest BCUT2D eigenvalue weighted by molar-refractivity contribution is 0.559. The maximum atomic E-state index is 12.9. The van der Waals surface area contributed by atoms with Gasteiger partial charge in [0.15, 0.2) is 0 Å². The highest BCUT2D eigenvalue weighted by atomic mass is 35.5. The van der Waals surface area contributed by atoms with Gasteiger partial charge in [-0.3, -0.25) is 8.86 Å². The Balaban J connectivity index is 3.10. The maximum absolute atomic E-state index is 12.9. The molecule has 1 aromatic rings. The largest absolute Gasteiger partial charge is 0.289 e. The molecule has 1 unspecified atom stereocenters. The van der Waals surface area contributed by atoms with Gasteiger partial charge >= 0.3 is 0 Å². The van der Waals surface area contributed by atoms with E-state index in [0.717, 1.165) is 16.4 Å². The fraction of sp³-hybridized carbons (Fsp3) is 0.250. The number of halogens is 2. The smallest absolute Gasteiger partial charge is 0.261 e.